The minimum atomic E-state index is -0.517. The number of nitrogen functional groups attached to an aromatic ring is 1. The number of aromatic amines is 1. The van der Waals surface area contributed by atoms with Gasteiger partial charge in [-0.15, -0.1) is 40.8 Å². The number of ether oxygens (including phenoxy) is 6. The zero-order valence-corrected chi connectivity index (χ0v) is 72.1. The predicted molar refractivity (Wildman–Crippen MR) is 480 cm³/mol. The van der Waals surface area contributed by atoms with Crippen LogP contribution >= 0.6 is 34.8 Å². The van der Waals surface area contributed by atoms with E-state index in [0.29, 0.717) is 52.8 Å². The van der Waals surface area contributed by atoms with Crippen molar-refractivity contribution in [3.8, 4) is 98.0 Å². The first kappa shape index (κ1) is 93.2. The lowest BCUT2D eigenvalue weighted by Crippen LogP contribution is -2.25. The Bertz CT molecular complexity index is 6710. The second kappa shape index (κ2) is 46.3. The number of oxime groups is 2. The Morgan fingerprint density at radius 1 is 0.423 bits per heavy atom. The van der Waals surface area contributed by atoms with Crippen molar-refractivity contribution in [1.82, 2.24) is 70.9 Å². The largest absolute Gasteiger partial charge is 0.497 e. The molecule has 0 fully saturated rings. The summed E-state index contributed by atoms with van der Waals surface area (Å²) in [6.45, 7) is 8.87. The van der Waals surface area contributed by atoms with Crippen molar-refractivity contribution < 1.29 is 56.5 Å². The average molecular weight is 1810 g/mol. The summed E-state index contributed by atoms with van der Waals surface area (Å²) in [7, 11) is 4.82. The van der Waals surface area contributed by atoms with Crippen LogP contribution in [-0.2, 0) is 19.8 Å². The van der Waals surface area contributed by atoms with Crippen LogP contribution in [0.2, 0.25) is 15.3 Å². The first-order valence-corrected chi connectivity index (χ1v) is 39.3. The lowest BCUT2D eigenvalue weighted by molar-refractivity contribution is 0.301. The van der Waals surface area contributed by atoms with Gasteiger partial charge in [0, 0.05) is 46.5 Å². The van der Waals surface area contributed by atoms with Crippen molar-refractivity contribution in [2.45, 2.75) is 47.5 Å². The number of nitrogens with zero attached hydrogens (tertiary/aromatic N) is 18. The molecule has 7 aromatic carbocycles. The van der Waals surface area contributed by atoms with Gasteiger partial charge in [0.2, 0.25) is 16.8 Å². The van der Waals surface area contributed by atoms with E-state index in [2.05, 4.69) is 97.2 Å². The van der Waals surface area contributed by atoms with Crippen molar-refractivity contribution >= 4 is 88.0 Å². The highest BCUT2D eigenvalue weighted by atomic mass is 35.5. The van der Waals surface area contributed by atoms with E-state index in [0.717, 1.165) is 72.9 Å². The smallest absolute Gasteiger partial charge is 0.300 e. The number of aryl methyl sites for hydroxylation is 4. The first-order chi connectivity index (χ1) is 63.0. The number of rotatable bonds is 24. The number of anilines is 7. The Balaban J connectivity index is 0.000000157. The van der Waals surface area contributed by atoms with Crippen molar-refractivity contribution in [2.24, 2.45) is 21.8 Å². The number of nitrogens with two attached hydrogens (primary N) is 3. The normalized spacial score (nSPS) is 10.6. The molecule has 41 heteroatoms. The maximum atomic E-state index is 11.8. The highest BCUT2D eigenvalue weighted by molar-refractivity contribution is 6.34. The highest BCUT2D eigenvalue weighted by Gasteiger charge is 2.19. The molecule has 0 atom stereocenters. The van der Waals surface area contributed by atoms with Gasteiger partial charge in [0.1, 0.15) is 61.1 Å². The van der Waals surface area contributed by atoms with E-state index in [1.807, 2.05) is 210 Å². The summed E-state index contributed by atoms with van der Waals surface area (Å²) in [5, 5.41) is 95.5. The van der Waals surface area contributed by atoms with E-state index >= 15 is 0 Å². The number of halogens is 3. The van der Waals surface area contributed by atoms with Gasteiger partial charge in [-0.3, -0.25) is 25.8 Å². The van der Waals surface area contributed by atoms with Gasteiger partial charge in [-0.05, 0) is 86.8 Å². The monoisotopic (exact) mass is 1810 g/mol. The molecule has 0 saturated carbocycles. The zero-order chi connectivity index (χ0) is 92.4. The Morgan fingerprint density at radius 3 is 1.15 bits per heavy atom. The van der Waals surface area contributed by atoms with Crippen LogP contribution in [0.25, 0.3) is 45.3 Å². The molecule has 0 radical (unpaired) electrons. The Hall–Kier alpha value is -17.5. The lowest BCUT2D eigenvalue weighted by Gasteiger charge is -2.11. The van der Waals surface area contributed by atoms with Gasteiger partial charge >= 0.3 is 18.0 Å². The summed E-state index contributed by atoms with van der Waals surface area (Å²) in [4.78, 5) is 28.2. The van der Waals surface area contributed by atoms with Gasteiger partial charge < -0.3 is 73.7 Å². The summed E-state index contributed by atoms with van der Waals surface area (Å²) < 4.78 is 54.9. The van der Waals surface area contributed by atoms with E-state index in [1.54, 1.807) is 64.3 Å². The fraction of sp³-hybridized carbons (Fsp3) is 0.112. The fourth-order valence-corrected chi connectivity index (χ4v) is 11.2. The van der Waals surface area contributed by atoms with Gasteiger partial charge in [-0.25, -0.2) is 19.9 Å². The fourth-order valence-electron chi connectivity index (χ4n) is 10.7. The molecule has 0 aliphatic rings. The lowest BCUT2D eigenvalue weighted by atomic mass is 10.1. The minimum absolute atomic E-state index is 0.0890. The molecule has 0 bridgehead atoms. The molecular weight excluding hydrogens is 1730 g/mol. The Morgan fingerprint density at radius 2 is 0.769 bits per heavy atom. The van der Waals surface area contributed by atoms with E-state index in [9.17, 15) is 10.1 Å². The van der Waals surface area contributed by atoms with Gasteiger partial charge in [-0.2, -0.15) is 20.9 Å². The summed E-state index contributed by atoms with van der Waals surface area (Å²) in [6.07, 6.45) is 6.45. The average Bonchev–Trinajstić information content (AvgIpc) is 0.909. The minimum Gasteiger partial charge on any atom is -0.497 e. The summed E-state index contributed by atoms with van der Waals surface area (Å²) in [6, 6.07) is 67.6. The van der Waals surface area contributed by atoms with E-state index in [-0.39, 0.29) is 104 Å². The molecule has 0 unspecified atom stereocenters. The number of nitriles is 3. The van der Waals surface area contributed by atoms with Crippen molar-refractivity contribution in [3.05, 3.63) is 318 Å². The SMILES string of the molecule is COc1ccc(COc2cc(Cl)nnc2C#N)cc1.COc1ccc(COc2cc(Nc3ncc(-c4ccc(C)cc4)o3)nnc2/C(N)=N/O)cc1.COc1ccc(COc2cc(Nc3ncc(-c4ccc(C)cc4)o3)nnc2C#N)cc1.Cc1ccc(-c2cnc(N)o2)cc1.Cc1ccc(-c2cnc(Nc3cc(=O)c(/C(N)=N/O)n[nH]3)o2)cc1.N#Cc1nnc(Cl)cc1Cl. The van der Waals surface area contributed by atoms with Crippen LogP contribution in [0, 0.1) is 61.7 Å². The predicted octanol–water partition coefficient (Wildman–Crippen LogP) is 16.6. The molecule has 12 N–H and O–H groups in total. The molecule has 0 amide bonds. The van der Waals surface area contributed by atoms with Crippen LogP contribution in [0.3, 0.4) is 0 Å². The maximum absolute atomic E-state index is 11.8. The number of amidine groups is 2. The molecule has 16 aromatic rings. The van der Waals surface area contributed by atoms with Crippen LogP contribution in [0.4, 0.5) is 41.5 Å². The van der Waals surface area contributed by atoms with E-state index in [1.165, 1.54) is 23.8 Å². The van der Waals surface area contributed by atoms with Crippen molar-refractivity contribution in [3.63, 3.8) is 0 Å². The second-order valence-electron chi connectivity index (χ2n) is 26.8. The van der Waals surface area contributed by atoms with Crippen LogP contribution in [-0.4, -0.2) is 114 Å². The van der Waals surface area contributed by atoms with Crippen molar-refractivity contribution in [1.29, 1.82) is 15.8 Å². The van der Waals surface area contributed by atoms with Gasteiger partial charge in [0.05, 0.1) is 51.1 Å². The molecule has 656 valence electrons. The first-order valence-electron chi connectivity index (χ1n) is 38.2. The van der Waals surface area contributed by atoms with Crippen LogP contribution in [0.5, 0.6) is 34.5 Å². The summed E-state index contributed by atoms with van der Waals surface area (Å²) in [5.41, 5.74) is 27.3. The van der Waals surface area contributed by atoms with Crippen LogP contribution in [0.1, 0.15) is 67.4 Å². The zero-order valence-electron chi connectivity index (χ0n) is 69.8. The van der Waals surface area contributed by atoms with Crippen LogP contribution < -0.4 is 67.0 Å². The molecule has 9 aromatic heterocycles. The molecule has 38 nitrogen and oxygen atoms in total. The molecule has 0 aliphatic heterocycles. The number of benzene rings is 7. The third-order valence-electron chi connectivity index (χ3n) is 17.5. The van der Waals surface area contributed by atoms with Gasteiger partial charge in [-0.1, -0.05) is 201 Å². The quantitative estimate of drug-likeness (QED) is 0.0117. The highest BCUT2D eigenvalue weighted by Crippen LogP contribution is 2.32. The molecule has 0 spiro atoms. The van der Waals surface area contributed by atoms with Gasteiger partial charge in [0.15, 0.2) is 91.0 Å². The van der Waals surface area contributed by atoms with Crippen molar-refractivity contribution in [2.75, 3.05) is 43.0 Å². The molecule has 0 aliphatic carbocycles. The number of methoxy groups -OCH3 is 3. The molecular formula is C89H76Cl3N25O13. The topological polar surface area (TPSA) is 559 Å². The van der Waals surface area contributed by atoms with Gasteiger partial charge in [0.25, 0.3) is 6.01 Å². The number of aromatic nitrogens is 14. The Kier molecular flexibility index (Phi) is 33.2. The Labute approximate surface area is 755 Å². The molecule has 0 saturated heterocycles. The second-order valence-corrected chi connectivity index (χ2v) is 28.0. The number of hydrogen-bond donors (Lipinski definition) is 9. The summed E-state index contributed by atoms with van der Waals surface area (Å²) >= 11 is 16.6. The number of H-pyrrole nitrogens is 1. The summed E-state index contributed by atoms with van der Waals surface area (Å²) in [5.74, 6) is 6.00. The number of oxazole rings is 4. The van der Waals surface area contributed by atoms with E-state index in [4.69, 9.17) is 119 Å². The molecule has 9 heterocycles. The third kappa shape index (κ3) is 27.2. The van der Waals surface area contributed by atoms with E-state index < -0.39 is 5.43 Å². The number of nitrogens with one attached hydrogen (secondary N) is 4. The molecule has 130 heavy (non-hydrogen) atoms. The standard InChI is InChI=1S/C23H22N6O4.C23H19N5O3.C15H14N6O3.C13H10ClN3O2.C10H10N2O.C5HCl2N3/c1-14-3-7-16(8-4-14)19-12-25-23(33-19)26-20-11-18(21(28-27-20)22(24)29-30)32-13-15-5-9-17(31-2)10-6-15;1-15-3-7-17(8-4-15)21-13-25-23(31-21)26-22-11-20(19(12-24)27-28-22)30-14-16-5-9-18(29-2)10-6-16;1-8-2-4-9(5-3-8)11-7-17-15(24-11)18-12-6-10(22)13(20-19-12)14(16)21-23;1-18-10-4-2-9(3-5-10)8-19-12-6-13(14)17-16-11(12)7-15;1-7-2-4-8(5-3-7)9-6-12-10(11)13-9;6-3-1-5(7)10-9-4(3)2-8/h3-12,30H,13H2,1-2H3,(H2,24,29)(H,25,26,27);3-11,13H,14H2,1-2H3,(H,25,26,28);2-7,23H,1H3,(H2,16,21)(H2,17,18,19,22);2-6H,8H2,1H3;2-6H,1H3,(H2,11,12);1H. The van der Waals surface area contributed by atoms with Crippen LogP contribution in [0.15, 0.2) is 258 Å². The molecule has 16 rings (SSSR count). The maximum Gasteiger partial charge on any atom is 0.300 e. The number of hydrogen-bond acceptors (Lipinski definition) is 35. The third-order valence-corrected chi connectivity index (χ3v) is 18.2.